The van der Waals surface area contributed by atoms with Crippen molar-refractivity contribution in [3.8, 4) is 0 Å². The van der Waals surface area contributed by atoms with Gasteiger partial charge in [-0.05, 0) is 13.0 Å². The molecule has 0 saturated carbocycles. The highest BCUT2D eigenvalue weighted by atomic mass is 16.4. The number of nitrogens with one attached hydrogen (secondary N) is 1. The van der Waals surface area contributed by atoms with Gasteiger partial charge in [-0.2, -0.15) is 4.98 Å². The summed E-state index contributed by atoms with van der Waals surface area (Å²) in [5.41, 5.74) is 0.577. The maximum Gasteiger partial charge on any atom is 0.345 e. The Kier molecular flexibility index (Phi) is 2.00. The Balaban J connectivity index is 3.19. The predicted molar refractivity (Wildman–Crippen MR) is 39.0 cm³/mol. The SMILES string of the molecule is Cc1cc(C=NO)nc(=O)[nH]1. The number of oxime groups is 1. The highest BCUT2D eigenvalue weighted by Gasteiger charge is 1.92. The molecule has 1 aromatic heterocycles. The minimum Gasteiger partial charge on any atom is -0.411 e. The highest BCUT2D eigenvalue weighted by Crippen LogP contribution is 1.88. The summed E-state index contributed by atoms with van der Waals surface area (Å²) < 4.78 is 0. The largest absolute Gasteiger partial charge is 0.411 e. The van der Waals surface area contributed by atoms with Crippen molar-refractivity contribution in [3.63, 3.8) is 0 Å². The summed E-state index contributed by atoms with van der Waals surface area (Å²) in [5.74, 6) is 0. The molecule has 0 amide bonds. The first-order chi connectivity index (χ1) is 5.22. The summed E-state index contributed by atoms with van der Waals surface area (Å²) in [4.78, 5) is 16.6. The van der Waals surface area contributed by atoms with Gasteiger partial charge in [-0.1, -0.05) is 5.16 Å². The molecule has 0 radical (unpaired) electrons. The van der Waals surface area contributed by atoms with Crippen LogP contribution in [0.1, 0.15) is 11.4 Å². The van der Waals surface area contributed by atoms with Crippen LogP contribution in [0, 0.1) is 6.92 Å². The van der Waals surface area contributed by atoms with Crippen LogP contribution >= 0.6 is 0 Å². The monoisotopic (exact) mass is 153 g/mol. The summed E-state index contributed by atoms with van der Waals surface area (Å²) in [5, 5.41) is 10.9. The van der Waals surface area contributed by atoms with Crippen LogP contribution in [0.15, 0.2) is 16.0 Å². The van der Waals surface area contributed by atoms with E-state index in [-0.39, 0.29) is 0 Å². The zero-order chi connectivity index (χ0) is 8.27. The molecule has 0 fully saturated rings. The van der Waals surface area contributed by atoms with E-state index in [1.54, 1.807) is 13.0 Å². The maximum absolute atomic E-state index is 10.7. The van der Waals surface area contributed by atoms with E-state index in [0.29, 0.717) is 11.4 Å². The molecular weight excluding hydrogens is 146 g/mol. The first-order valence-electron chi connectivity index (χ1n) is 2.98. The van der Waals surface area contributed by atoms with Crippen molar-refractivity contribution in [3.05, 3.63) is 27.9 Å². The molecule has 0 unspecified atom stereocenters. The smallest absolute Gasteiger partial charge is 0.345 e. The van der Waals surface area contributed by atoms with Crippen LogP contribution in [0.3, 0.4) is 0 Å². The van der Waals surface area contributed by atoms with Crippen molar-refractivity contribution in [2.75, 3.05) is 0 Å². The fourth-order valence-electron chi connectivity index (χ4n) is 0.729. The van der Waals surface area contributed by atoms with Crippen LogP contribution < -0.4 is 5.69 Å². The predicted octanol–water partition coefficient (Wildman–Crippen LogP) is -0.114. The Hall–Kier alpha value is -1.65. The average molecular weight is 153 g/mol. The van der Waals surface area contributed by atoms with Gasteiger partial charge in [0, 0.05) is 5.69 Å². The molecule has 11 heavy (non-hydrogen) atoms. The molecule has 0 saturated heterocycles. The number of aromatic nitrogens is 2. The molecule has 0 spiro atoms. The van der Waals surface area contributed by atoms with Crippen molar-refractivity contribution in [2.24, 2.45) is 5.16 Å². The third-order valence-electron chi connectivity index (χ3n) is 1.09. The molecular formula is C6H7N3O2. The van der Waals surface area contributed by atoms with Crippen LogP contribution in [-0.2, 0) is 0 Å². The number of nitrogens with zero attached hydrogens (tertiary/aromatic N) is 2. The summed E-state index contributed by atoms with van der Waals surface area (Å²) in [6.07, 6.45) is 1.10. The number of H-pyrrole nitrogens is 1. The van der Waals surface area contributed by atoms with E-state index in [9.17, 15) is 4.79 Å². The lowest BCUT2D eigenvalue weighted by Gasteiger charge is -1.91. The minimum atomic E-state index is -0.445. The van der Waals surface area contributed by atoms with E-state index >= 15 is 0 Å². The molecule has 0 aliphatic heterocycles. The Labute approximate surface area is 62.4 Å². The Morgan fingerprint density at radius 1 is 1.82 bits per heavy atom. The number of aromatic amines is 1. The van der Waals surface area contributed by atoms with E-state index in [4.69, 9.17) is 5.21 Å². The van der Waals surface area contributed by atoms with E-state index in [1.807, 2.05) is 0 Å². The number of hydrogen-bond acceptors (Lipinski definition) is 4. The van der Waals surface area contributed by atoms with Crippen molar-refractivity contribution in [2.45, 2.75) is 6.92 Å². The van der Waals surface area contributed by atoms with Crippen LogP contribution in [0.4, 0.5) is 0 Å². The fourth-order valence-corrected chi connectivity index (χ4v) is 0.729. The molecule has 0 aromatic carbocycles. The summed E-state index contributed by atoms with van der Waals surface area (Å²) in [7, 11) is 0. The number of hydrogen-bond donors (Lipinski definition) is 2. The molecule has 0 aliphatic rings. The maximum atomic E-state index is 10.7. The van der Waals surface area contributed by atoms with Gasteiger partial charge < -0.3 is 10.2 Å². The van der Waals surface area contributed by atoms with Gasteiger partial charge in [0.1, 0.15) is 0 Å². The molecule has 0 bridgehead atoms. The lowest BCUT2D eigenvalue weighted by Crippen LogP contribution is -2.13. The zero-order valence-corrected chi connectivity index (χ0v) is 5.90. The van der Waals surface area contributed by atoms with Crippen molar-refractivity contribution >= 4 is 6.21 Å². The van der Waals surface area contributed by atoms with E-state index < -0.39 is 5.69 Å². The van der Waals surface area contributed by atoms with Crippen molar-refractivity contribution in [1.82, 2.24) is 9.97 Å². The highest BCUT2D eigenvalue weighted by molar-refractivity contribution is 5.76. The topological polar surface area (TPSA) is 78.3 Å². The Morgan fingerprint density at radius 3 is 3.09 bits per heavy atom. The average Bonchev–Trinajstić information content (AvgIpc) is 1.85. The van der Waals surface area contributed by atoms with Gasteiger partial charge in [-0.15, -0.1) is 0 Å². The summed E-state index contributed by atoms with van der Waals surface area (Å²) in [6.45, 7) is 1.72. The lowest BCUT2D eigenvalue weighted by atomic mass is 10.3. The Bertz CT molecular complexity index is 329. The van der Waals surface area contributed by atoms with E-state index in [1.165, 1.54) is 0 Å². The van der Waals surface area contributed by atoms with Gasteiger partial charge >= 0.3 is 5.69 Å². The van der Waals surface area contributed by atoms with Crippen LogP contribution in [0.25, 0.3) is 0 Å². The van der Waals surface area contributed by atoms with Gasteiger partial charge in [0.05, 0.1) is 11.9 Å². The van der Waals surface area contributed by atoms with Crippen LogP contribution in [-0.4, -0.2) is 21.4 Å². The second kappa shape index (κ2) is 2.96. The third-order valence-corrected chi connectivity index (χ3v) is 1.09. The van der Waals surface area contributed by atoms with Crippen LogP contribution in [0.2, 0.25) is 0 Å². The molecule has 1 heterocycles. The number of rotatable bonds is 1. The normalized spacial score (nSPS) is 10.6. The van der Waals surface area contributed by atoms with Gasteiger partial charge in [0.2, 0.25) is 0 Å². The summed E-state index contributed by atoms with van der Waals surface area (Å²) >= 11 is 0. The van der Waals surface area contributed by atoms with E-state index in [2.05, 4.69) is 15.1 Å². The fraction of sp³-hybridized carbons (Fsp3) is 0.167. The first kappa shape index (κ1) is 7.46. The molecule has 5 heteroatoms. The molecule has 2 N–H and O–H groups in total. The van der Waals surface area contributed by atoms with Gasteiger partial charge in [-0.25, -0.2) is 4.79 Å². The number of aryl methyl sites for hydroxylation is 1. The van der Waals surface area contributed by atoms with E-state index in [0.717, 1.165) is 6.21 Å². The van der Waals surface area contributed by atoms with Crippen molar-refractivity contribution < 1.29 is 5.21 Å². The van der Waals surface area contributed by atoms with Crippen molar-refractivity contribution in [1.29, 1.82) is 0 Å². The quantitative estimate of drug-likeness (QED) is 0.335. The molecule has 5 nitrogen and oxygen atoms in total. The first-order valence-corrected chi connectivity index (χ1v) is 2.98. The molecule has 58 valence electrons. The van der Waals surface area contributed by atoms with Crippen LogP contribution in [0.5, 0.6) is 0 Å². The third kappa shape index (κ3) is 1.89. The zero-order valence-electron chi connectivity index (χ0n) is 5.90. The second-order valence-corrected chi connectivity index (χ2v) is 2.04. The minimum absolute atomic E-state index is 0.341. The van der Waals surface area contributed by atoms with Gasteiger partial charge in [0.15, 0.2) is 0 Å². The second-order valence-electron chi connectivity index (χ2n) is 2.04. The molecule has 0 aliphatic carbocycles. The van der Waals surface area contributed by atoms with Gasteiger partial charge in [-0.3, -0.25) is 0 Å². The van der Waals surface area contributed by atoms with Gasteiger partial charge in [0.25, 0.3) is 0 Å². The summed E-state index contributed by atoms with van der Waals surface area (Å²) in [6, 6.07) is 1.60. The molecule has 0 atom stereocenters. The lowest BCUT2D eigenvalue weighted by molar-refractivity contribution is 0.321. The standard InChI is InChI=1S/C6H7N3O2/c1-4-2-5(3-7-11)9-6(10)8-4/h2-3,11H,1H3,(H,8,9,10). The molecule has 1 rings (SSSR count). The molecule has 1 aromatic rings. The Morgan fingerprint density at radius 2 is 2.55 bits per heavy atom.